The molecule has 3 saturated carbocycles. The van der Waals surface area contributed by atoms with Crippen LogP contribution < -0.4 is 4.74 Å². The van der Waals surface area contributed by atoms with Crippen molar-refractivity contribution in [1.29, 1.82) is 0 Å². The average molecular weight is 582 g/mol. The largest absolute Gasteiger partial charge is 0.494 e. The van der Waals surface area contributed by atoms with Crippen LogP contribution in [0.15, 0.2) is 30.3 Å². The predicted octanol–water partition coefficient (Wildman–Crippen LogP) is 5.55. The van der Waals surface area contributed by atoms with E-state index in [0.717, 1.165) is 71.6 Å². The summed E-state index contributed by atoms with van der Waals surface area (Å²) in [6.07, 6.45) is 6.33. The zero-order valence-electron chi connectivity index (χ0n) is 25.4. The molecule has 3 atom stereocenters. The molecule has 4 heterocycles. The molecule has 0 radical (unpaired) electrons. The van der Waals surface area contributed by atoms with Crippen LogP contribution in [-0.2, 0) is 23.1 Å². The highest BCUT2D eigenvalue weighted by Gasteiger charge is 2.46. The van der Waals surface area contributed by atoms with Crippen LogP contribution in [0.25, 0.3) is 33.6 Å². The molecule has 2 unspecified atom stereocenters. The van der Waals surface area contributed by atoms with Crippen molar-refractivity contribution in [2.45, 2.75) is 64.0 Å². The molecule has 0 spiro atoms. The Balaban J connectivity index is 1.18. The molecule has 8 rings (SSSR count). The fourth-order valence-corrected chi connectivity index (χ4v) is 8.04. The van der Waals surface area contributed by atoms with Crippen LogP contribution in [0.5, 0.6) is 5.75 Å². The number of rotatable bonds is 7. The number of carbonyl (C=O) groups is 2. The molecule has 9 nitrogen and oxygen atoms in total. The second-order valence-electron chi connectivity index (χ2n) is 13.4. The number of hydrogen-bond donors (Lipinski definition) is 0. The highest BCUT2D eigenvalue weighted by Crippen LogP contribution is 2.45. The van der Waals surface area contributed by atoms with Gasteiger partial charge in [-0.05, 0) is 86.6 Å². The van der Waals surface area contributed by atoms with Gasteiger partial charge in [-0.2, -0.15) is 0 Å². The molecule has 43 heavy (non-hydrogen) atoms. The summed E-state index contributed by atoms with van der Waals surface area (Å²) in [5.74, 6) is 3.51. The lowest BCUT2D eigenvalue weighted by molar-refractivity contribution is -0.148. The van der Waals surface area contributed by atoms with Gasteiger partial charge in [0.2, 0.25) is 0 Å². The van der Waals surface area contributed by atoms with Gasteiger partial charge in [0.15, 0.2) is 5.82 Å². The van der Waals surface area contributed by atoms with E-state index in [2.05, 4.69) is 39.2 Å². The summed E-state index contributed by atoms with van der Waals surface area (Å²) in [5.41, 5.74) is 5.31. The van der Waals surface area contributed by atoms with Gasteiger partial charge < -0.3 is 23.5 Å². The minimum Gasteiger partial charge on any atom is -0.494 e. The molecule has 1 aromatic carbocycles. The molecule has 4 aromatic rings. The third-order valence-electron chi connectivity index (χ3n) is 10.9. The SMILES string of the molecule is COC(=O)C1CC(c2ccc3cc(-c4nc5cc(C(=O)N6CC7CCC6[C@@H]7C)cc(OC)c5n4C)n(CC4CC4)c3n2)C1. The molecular weight excluding hydrogens is 542 g/mol. The van der Waals surface area contributed by atoms with Crippen LogP contribution in [0.4, 0.5) is 0 Å². The zero-order chi connectivity index (χ0) is 29.6. The van der Waals surface area contributed by atoms with Crippen LogP contribution in [-0.4, -0.2) is 62.7 Å². The summed E-state index contributed by atoms with van der Waals surface area (Å²) < 4.78 is 15.2. The number of benzene rings is 1. The number of aromatic nitrogens is 4. The van der Waals surface area contributed by atoms with Crippen LogP contribution in [0.3, 0.4) is 0 Å². The summed E-state index contributed by atoms with van der Waals surface area (Å²) in [6.45, 7) is 4.03. The monoisotopic (exact) mass is 581 g/mol. The molecule has 4 fully saturated rings. The number of methoxy groups -OCH3 is 2. The zero-order valence-corrected chi connectivity index (χ0v) is 25.4. The fraction of sp³-hybridized carbons (Fsp3) is 0.529. The van der Waals surface area contributed by atoms with Crippen molar-refractivity contribution < 1.29 is 19.1 Å². The smallest absolute Gasteiger partial charge is 0.308 e. The molecule has 9 heteroatoms. The Kier molecular flexibility index (Phi) is 6.11. The van der Waals surface area contributed by atoms with Crippen LogP contribution in [0, 0.1) is 23.7 Å². The summed E-state index contributed by atoms with van der Waals surface area (Å²) in [4.78, 5) is 38.1. The van der Waals surface area contributed by atoms with Crippen LogP contribution in [0.1, 0.15) is 67.4 Å². The maximum absolute atomic E-state index is 13.7. The van der Waals surface area contributed by atoms with E-state index in [4.69, 9.17) is 19.4 Å². The van der Waals surface area contributed by atoms with Crippen molar-refractivity contribution in [3.05, 3.63) is 41.6 Å². The van der Waals surface area contributed by atoms with Gasteiger partial charge >= 0.3 is 5.97 Å². The summed E-state index contributed by atoms with van der Waals surface area (Å²) >= 11 is 0. The first kappa shape index (κ1) is 26.7. The number of esters is 1. The number of amides is 1. The normalized spacial score (nSPS) is 26.3. The van der Waals surface area contributed by atoms with Crippen molar-refractivity contribution in [2.24, 2.45) is 30.7 Å². The lowest BCUT2D eigenvalue weighted by atomic mass is 9.73. The van der Waals surface area contributed by atoms with Gasteiger partial charge in [-0.25, -0.2) is 9.97 Å². The number of pyridine rings is 1. The van der Waals surface area contributed by atoms with Gasteiger partial charge in [0.05, 0.1) is 31.3 Å². The minimum absolute atomic E-state index is 0.0305. The van der Waals surface area contributed by atoms with Gasteiger partial charge in [-0.1, -0.05) is 6.92 Å². The molecule has 3 aliphatic carbocycles. The first-order valence-electron chi connectivity index (χ1n) is 15.8. The summed E-state index contributed by atoms with van der Waals surface area (Å²) in [6, 6.07) is 10.6. The van der Waals surface area contributed by atoms with Crippen molar-refractivity contribution >= 4 is 33.9 Å². The van der Waals surface area contributed by atoms with Crippen LogP contribution >= 0.6 is 0 Å². The van der Waals surface area contributed by atoms with Crippen molar-refractivity contribution in [1.82, 2.24) is 24.0 Å². The molecule has 1 amide bonds. The number of imidazole rings is 1. The molecular formula is C34H39N5O4. The number of nitrogens with zero attached hydrogens (tertiary/aromatic N) is 5. The summed E-state index contributed by atoms with van der Waals surface area (Å²) in [7, 11) is 5.14. The summed E-state index contributed by atoms with van der Waals surface area (Å²) in [5, 5.41) is 1.08. The Morgan fingerprint density at radius 2 is 1.84 bits per heavy atom. The van der Waals surface area contributed by atoms with E-state index < -0.39 is 0 Å². The Labute approximate surface area is 251 Å². The molecule has 1 aliphatic heterocycles. The van der Waals surface area contributed by atoms with Crippen molar-refractivity contribution in [3.8, 4) is 17.3 Å². The Morgan fingerprint density at radius 1 is 1.02 bits per heavy atom. The molecule has 1 saturated heterocycles. The van der Waals surface area contributed by atoms with Crippen molar-refractivity contribution in [3.63, 3.8) is 0 Å². The van der Waals surface area contributed by atoms with E-state index in [1.807, 2.05) is 19.2 Å². The molecule has 4 aliphatic rings. The first-order valence-corrected chi connectivity index (χ1v) is 15.8. The highest BCUT2D eigenvalue weighted by atomic mass is 16.5. The molecule has 224 valence electrons. The fourth-order valence-electron chi connectivity index (χ4n) is 8.04. The van der Waals surface area contributed by atoms with Gasteiger partial charge in [-0.15, -0.1) is 0 Å². The van der Waals surface area contributed by atoms with Gasteiger partial charge in [0, 0.05) is 48.7 Å². The second-order valence-corrected chi connectivity index (χ2v) is 13.4. The average Bonchev–Trinajstić information content (AvgIpc) is 3.40. The van der Waals surface area contributed by atoms with Gasteiger partial charge in [-0.3, -0.25) is 9.59 Å². The number of aryl methyl sites for hydroxylation is 1. The number of fused-ring (bicyclic) bond motifs is 4. The predicted molar refractivity (Wildman–Crippen MR) is 163 cm³/mol. The Bertz CT molecular complexity index is 1780. The maximum Gasteiger partial charge on any atom is 0.308 e. The van der Waals surface area contributed by atoms with Crippen LogP contribution in [0.2, 0.25) is 0 Å². The van der Waals surface area contributed by atoms with Crippen molar-refractivity contribution in [2.75, 3.05) is 20.8 Å². The van der Waals surface area contributed by atoms with Gasteiger partial charge in [0.25, 0.3) is 5.91 Å². The quantitative estimate of drug-likeness (QED) is 0.266. The van der Waals surface area contributed by atoms with E-state index in [9.17, 15) is 9.59 Å². The number of carbonyl (C=O) groups excluding carboxylic acids is 2. The molecule has 2 bridgehead atoms. The number of hydrogen-bond acceptors (Lipinski definition) is 6. The third-order valence-corrected chi connectivity index (χ3v) is 10.9. The highest BCUT2D eigenvalue weighted by molar-refractivity contribution is 6.00. The lowest BCUT2D eigenvalue weighted by Crippen LogP contribution is -2.38. The second kappa shape index (κ2) is 9.82. The number of likely N-dealkylation sites (tertiary alicyclic amines) is 1. The van der Waals surface area contributed by atoms with E-state index >= 15 is 0 Å². The standard InChI is InChI=1S/C34H39N5O4/c1-18-21-8-10-27(18)39(17-21)33(40)23-13-26-30(29(15-23)42-3)37(2)32(36-26)28-14-20-7-9-25(22-11-24(12-22)34(41)43-4)35-31(20)38(28)16-19-5-6-19/h7,9,13-15,18-19,21-22,24,27H,5-6,8,10-12,16-17H2,1-4H3/t18-,21?,22?,24?,27?/m1/s1. The van der Waals surface area contributed by atoms with E-state index in [1.165, 1.54) is 26.4 Å². The maximum atomic E-state index is 13.7. The number of piperidine rings is 1. The Hall–Kier alpha value is -3.88. The minimum atomic E-state index is -0.124. The first-order chi connectivity index (χ1) is 20.8. The lowest BCUT2D eigenvalue weighted by Gasteiger charge is -2.32. The Morgan fingerprint density at radius 3 is 2.51 bits per heavy atom. The van der Waals surface area contributed by atoms with E-state index in [-0.39, 0.29) is 23.7 Å². The third kappa shape index (κ3) is 4.18. The van der Waals surface area contributed by atoms with E-state index in [0.29, 0.717) is 35.1 Å². The van der Waals surface area contributed by atoms with Gasteiger partial charge in [0.1, 0.15) is 16.9 Å². The topological polar surface area (TPSA) is 91.5 Å². The molecule has 3 aromatic heterocycles. The molecule has 0 N–H and O–H groups in total. The number of ether oxygens (including phenoxy) is 2. The van der Waals surface area contributed by atoms with E-state index in [1.54, 1.807) is 7.11 Å².